The Kier molecular flexibility index (Phi) is 4.52. The molecule has 0 radical (unpaired) electrons. The molecule has 1 N–H and O–H groups in total. The van der Waals surface area contributed by atoms with Crippen molar-refractivity contribution in [2.24, 2.45) is 0 Å². The van der Waals surface area contributed by atoms with E-state index in [2.05, 4.69) is 10.3 Å². The summed E-state index contributed by atoms with van der Waals surface area (Å²) in [5, 5.41) is 2.72. The van der Waals surface area contributed by atoms with Gasteiger partial charge in [0, 0.05) is 5.56 Å². The van der Waals surface area contributed by atoms with E-state index in [-0.39, 0.29) is 5.91 Å². The lowest BCUT2D eigenvalue weighted by atomic mass is 10.1. The van der Waals surface area contributed by atoms with Gasteiger partial charge in [0.2, 0.25) is 0 Å². The van der Waals surface area contributed by atoms with Crippen LogP contribution in [-0.4, -0.2) is 24.7 Å². The van der Waals surface area contributed by atoms with Gasteiger partial charge in [-0.15, -0.1) is 11.3 Å². The van der Waals surface area contributed by atoms with E-state index in [1.54, 1.807) is 55.1 Å². The fourth-order valence-corrected chi connectivity index (χ4v) is 3.00. The molecule has 0 aliphatic carbocycles. The van der Waals surface area contributed by atoms with Crippen molar-refractivity contribution in [2.45, 2.75) is 6.04 Å². The smallest absolute Gasteiger partial charge is 0.251 e. The average Bonchev–Trinajstić information content (AvgIpc) is 3.07. The zero-order chi connectivity index (χ0) is 16.2. The SMILES string of the molecule is COc1ccc(C(CF)NC(=O)c2ccc3ncsc3c2)cc1. The number of methoxy groups -OCH3 is 1. The molecule has 1 atom stereocenters. The van der Waals surface area contributed by atoms with Crippen LogP contribution in [0.15, 0.2) is 48.0 Å². The second-order valence-electron chi connectivity index (χ2n) is 4.99. The number of nitrogens with one attached hydrogen (secondary N) is 1. The van der Waals surface area contributed by atoms with Gasteiger partial charge in [-0.3, -0.25) is 4.79 Å². The molecule has 1 heterocycles. The molecule has 118 valence electrons. The van der Waals surface area contributed by atoms with Gasteiger partial charge in [0.1, 0.15) is 12.4 Å². The van der Waals surface area contributed by atoms with Crippen LogP contribution in [0, 0.1) is 0 Å². The summed E-state index contributed by atoms with van der Waals surface area (Å²) >= 11 is 1.46. The molecule has 0 bridgehead atoms. The van der Waals surface area contributed by atoms with E-state index in [1.807, 2.05) is 0 Å². The van der Waals surface area contributed by atoms with E-state index in [0.717, 1.165) is 10.2 Å². The topological polar surface area (TPSA) is 51.2 Å². The van der Waals surface area contributed by atoms with E-state index in [4.69, 9.17) is 4.74 Å². The number of amides is 1. The highest BCUT2D eigenvalue weighted by atomic mass is 32.1. The molecule has 4 nitrogen and oxygen atoms in total. The summed E-state index contributed by atoms with van der Waals surface area (Å²) in [4.78, 5) is 16.5. The number of hydrogen-bond donors (Lipinski definition) is 1. The molecule has 0 aliphatic rings. The Labute approximate surface area is 136 Å². The van der Waals surface area contributed by atoms with Crippen molar-refractivity contribution < 1.29 is 13.9 Å². The Hall–Kier alpha value is -2.47. The summed E-state index contributed by atoms with van der Waals surface area (Å²) in [5.74, 6) is 0.382. The Balaban J connectivity index is 1.78. The van der Waals surface area contributed by atoms with Gasteiger partial charge in [-0.2, -0.15) is 0 Å². The second-order valence-corrected chi connectivity index (χ2v) is 5.87. The maximum Gasteiger partial charge on any atom is 0.251 e. The maximum absolute atomic E-state index is 13.4. The summed E-state index contributed by atoms with van der Waals surface area (Å²) < 4.78 is 19.4. The summed E-state index contributed by atoms with van der Waals surface area (Å²) in [6, 6.07) is 11.5. The number of hydrogen-bond acceptors (Lipinski definition) is 4. The molecule has 0 saturated carbocycles. The predicted molar refractivity (Wildman–Crippen MR) is 88.8 cm³/mol. The van der Waals surface area contributed by atoms with Gasteiger partial charge >= 0.3 is 0 Å². The molecule has 6 heteroatoms. The number of fused-ring (bicyclic) bond motifs is 1. The van der Waals surface area contributed by atoms with E-state index in [9.17, 15) is 9.18 Å². The Morgan fingerprint density at radius 2 is 2.09 bits per heavy atom. The van der Waals surface area contributed by atoms with Crippen molar-refractivity contribution >= 4 is 27.5 Å². The normalized spacial score (nSPS) is 12.1. The second kappa shape index (κ2) is 6.75. The van der Waals surface area contributed by atoms with Crippen LogP contribution < -0.4 is 10.1 Å². The van der Waals surface area contributed by atoms with Gasteiger partial charge in [-0.25, -0.2) is 9.37 Å². The van der Waals surface area contributed by atoms with Crippen LogP contribution in [0.1, 0.15) is 22.0 Å². The van der Waals surface area contributed by atoms with E-state index in [1.165, 1.54) is 11.3 Å². The lowest BCUT2D eigenvalue weighted by Crippen LogP contribution is -2.29. The average molecular weight is 330 g/mol. The van der Waals surface area contributed by atoms with E-state index in [0.29, 0.717) is 16.9 Å². The molecule has 1 amide bonds. The molecule has 0 fully saturated rings. The van der Waals surface area contributed by atoms with Crippen molar-refractivity contribution in [3.8, 4) is 5.75 Å². The number of ether oxygens (including phenoxy) is 1. The summed E-state index contributed by atoms with van der Waals surface area (Å²) in [6.07, 6.45) is 0. The molecule has 0 aliphatic heterocycles. The summed E-state index contributed by atoms with van der Waals surface area (Å²) in [5.41, 5.74) is 3.77. The third-order valence-corrected chi connectivity index (χ3v) is 4.36. The minimum Gasteiger partial charge on any atom is -0.497 e. The van der Waals surface area contributed by atoms with Crippen molar-refractivity contribution in [2.75, 3.05) is 13.8 Å². The van der Waals surface area contributed by atoms with Gasteiger partial charge in [-0.05, 0) is 35.9 Å². The molecule has 0 spiro atoms. The quantitative estimate of drug-likeness (QED) is 0.775. The zero-order valence-electron chi connectivity index (χ0n) is 12.5. The van der Waals surface area contributed by atoms with Gasteiger partial charge in [0.15, 0.2) is 0 Å². The van der Waals surface area contributed by atoms with Crippen molar-refractivity contribution in [3.05, 3.63) is 59.1 Å². The van der Waals surface area contributed by atoms with Gasteiger partial charge in [0.05, 0.1) is 28.9 Å². The van der Waals surface area contributed by atoms with Crippen molar-refractivity contribution in [1.29, 1.82) is 0 Å². The lowest BCUT2D eigenvalue weighted by Gasteiger charge is -2.16. The van der Waals surface area contributed by atoms with Gasteiger partial charge < -0.3 is 10.1 Å². The molecule has 1 aromatic heterocycles. The number of rotatable bonds is 5. The van der Waals surface area contributed by atoms with Crippen molar-refractivity contribution in [3.63, 3.8) is 0 Å². The summed E-state index contributed by atoms with van der Waals surface area (Å²) in [7, 11) is 1.57. The first-order chi connectivity index (χ1) is 11.2. The number of benzene rings is 2. The molecule has 3 rings (SSSR count). The fraction of sp³-hybridized carbons (Fsp3) is 0.176. The molecular formula is C17H15FN2O2S. The minimum absolute atomic E-state index is 0.307. The minimum atomic E-state index is -0.689. The van der Waals surface area contributed by atoms with Crippen LogP contribution in [0.2, 0.25) is 0 Å². The number of aromatic nitrogens is 1. The van der Waals surface area contributed by atoms with Crippen LogP contribution in [0.5, 0.6) is 5.75 Å². The Bertz CT molecular complexity index is 817. The predicted octanol–water partition coefficient (Wildman–Crippen LogP) is 3.75. The molecule has 0 saturated heterocycles. The number of alkyl halides is 1. The molecule has 2 aromatic carbocycles. The fourth-order valence-electron chi connectivity index (χ4n) is 2.29. The number of thiazole rings is 1. The van der Waals surface area contributed by atoms with Crippen LogP contribution in [0.3, 0.4) is 0 Å². The first-order valence-electron chi connectivity index (χ1n) is 7.05. The highest BCUT2D eigenvalue weighted by Crippen LogP contribution is 2.21. The third kappa shape index (κ3) is 3.32. The van der Waals surface area contributed by atoms with Crippen LogP contribution in [-0.2, 0) is 0 Å². The number of halogens is 1. The highest BCUT2D eigenvalue weighted by molar-refractivity contribution is 7.16. The van der Waals surface area contributed by atoms with E-state index >= 15 is 0 Å². The first-order valence-corrected chi connectivity index (χ1v) is 7.93. The van der Waals surface area contributed by atoms with E-state index < -0.39 is 12.7 Å². The molecule has 23 heavy (non-hydrogen) atoms. The monoisotopic (exact) mass is 330 g/mol. The largest absolute Gasteiger partial charge is 0.497 e. The maximum atomic E-state index is 13.4. The van der Waals surface area contributed by atoms with Crippen LogP contribution >= 0.6 is 11.3 Å². The van der Waals surface area contributed by atoms with Gasteiger partial charge in [0.25, 0.3) is 5.91 Å². The summed E-state index contributed by atoms with van der Waals surface area (Å²) in [6.45, 7) is -0.680. The first kappa shape index (κ1) is 15.4. The highest BCUT2D eigenvalue weighted by Gasteiger charge is 2.16. The van der Waals surface area contributed by atoms with Crippen LogP contribution in [0.4, 0.5) is 4.39 Å². The molecular weight excluding hydrogens is 315 g/mol. The number of carbonyl (C=O) groups excluding carboxylic acids is 1. The van der Waals surface area contributed by atoms with Gasteiger partial charge in [-0.1, -0.05) is 12.1 Å². The molecule has 3 aromatic rings. The van der Waals surface area contributed by atoms with Crippen molar-refractivity contribution in [1.82, 2.24) is 10.3 Å². The Morgan fingerprint density at radius 1 is 1.30 bits per heavy atom. The lowest BCUT2D eigenvalue weighted by molar-refractivity contribution is 0.0930. The van der Waals surface area contributed by atoms with Crippen LogP contribution in [0.25, 0.3) is 10.2 Å². The number of carbonyl (C=O) groups is 1. The number of nitrogens with zero attached hydrogens (tertiary/aromatic N) is 1. The third-order valence-electron chi connectivity index (χ3n) is 3.57. The molecule has 1 unspecified atom stereocenters. The standard InChI is InChI=1S/C17H15FN2O2S/c1-22-13-5-2-11(3-6-13)15(9-18)20-17(21)12-4-7-14-16(8-12)23-10-19-14/h2-8,10,15H,9H2,1H3,(H,20,21). The Morgan fingerprint density at radius 3 is 2.78 bits per heavy atom. The zero-order valence-corrected chi connectivity index (χ0v) is 13.3.